The van der Waals surface area contributed by atoms with Crippen LogP contribution in [0.25, 0.3) is 0 Å². The molecular formula is C17H26N2O3S. The molecule has 5 nitrogen and oxygen atoms in total. The summed E-state index contributed by atoms with van der Waals surface area (Å²) in [5, 5.41) is 0. The Kier molecular flexibility index (Phi) is 5.81. The van der Waals surface area contributed by atoms with Crippen molar-refractivity contribution in [1.82, 2.24) is 4.90 Å². The van der Waals surface area contributed by atoms with Crippen LogP contribution in [0.4, 0.5) is 0 Å². The molecule has 2 unspecified atom stereocenters. The van der Waals surface area contributed by atoms with E-state index in [4.69, 9.17) is 5.73 Å². The second-order valence-corrected chi connectivity index (χ2v) is 8.61. The van der Waals surface area contributed by atoms with Crippen LogP contribution in [0.3, 0.4) is 0 Å². The maximum Gasteiger partial charge on any atom is 0.227 e. The van der Waals surface area contributed by atoms with Gasteiger partial charge in [-0.1, -0.05) is 26.0 Å². The standard InChI is InChI=1S/C17H26N2O3S/c1-3-23(21,22)16-6-4-14(5-7-16)11-17(20)19-9-8-13(2)10-15(19)12-18/h4-7,13,15H,3,8-12,18H2,1-2H3. The number of likely N-dealkylation sites (tertiary alicyclic amines) is 1. The van der Waals surface area contributed by atoms with E-state index >= 15 is 0 Å². The number of benzene rings is 1. The molecule has 2 N–H and O–H groups in total. The Balaban J connectivity index is 2.05. The van der Waals surface area contributed by atoms with E-state index in [0.29, 0.717) is 17.4 Å². The molecule has 1 saturated heterocycles. The average molecular weight is 338 g/mol. The fraction of sp³-hybridized carbons (Fsp3) is 0.588. The highest BCUT2D eigenvalue weighted by Crippen LogP contribution is 2.23. The van der Waals surface area contributed by atoms with Crippen LogP contribution in [0.5, 0.6) is 0 Å². The summed E-state index contributed by atoms with van der Waals surface area (Å²) in [5.74, 6) is 0.750. The highest BCUT2D eigenvalue weighted by Gasteiger charge is 2.28. The van der Waals surface area contributed by atoms with Gasteiger partial charge in [0, 0.05) is 19.1 Å². The van der Waals surface area contributed by atoms with Gasteiger partial charge in [0.25, 0.3) is 0 Å². The predicted molar refractivity (Wildman–Crippen MR) is 90.8 cm³/mol. The first-order valence-corrected chi connectivity index (χ1v) is 9.83. The molecule has 2 rings (SSSR count). The molecular weight excluding hydrogens is 312 g/mol. The zero-order valence-corrected chi connectivity index (χ0v) is 14.7. The third kappa shape index (κ3) is 4.32. The number of rotatable bonds is 5. The summed E-state index contributed by atoms with van der Waals surface area (Å²) in [6, 6.07) is 6.74. The Morgan fingerprint density at radius 1 is 1.30 bits per heavy atom. The number of hydrogen-bond donors (Lipinski definition) is 1. The normalized spacial score (nSPS) is 22.1. The van der Waals surface area contributed by atoms with Crippen LogP contribution in [0.15, 0.2) is 29.2 Å². The van der Waals surface area contributed by atoms with E-state index in [1.54, 1.807) is 31.2 Å². The van der Waals surface area contributed by atoms with E-state index in [9.17, 15) is 13.2 Å². The van der Waals surface area contributed by atoms with E-state index in [1.165, 1.54) is 0 Å². The minimum absolute atomic E-state index is 0.0680. The highest BCUT2D eigenvalue weighted by atomic mass is 32.2. The molecule has 1 aromatic rings. The molecule has 2 atom stereocenters. The number of sulfone groups is 1. The van der Waals surface area contributed by atoms with Crippen molar-refractivity contribution in [2.24, 2.45) is 11.7 Å². The van der Waals surface area contributed by atoms with Crippen LogP contribution < -0.4 is 5.73 Å². The molecule has 1 aliphatic rings. The number of piperidine rings is 1. The molecule has 1 amide bonds. The van der Waals surface area contributed by atoms with Crippen molar-refractivity contribution in [3.63, 3.8) is 0 Å². The van der Waals surface area contributed by atoms with Gasteiger partial charge in [0.2, 0.25) is 5.91 Å². The summed E-state index contributed by atoms with van der Waals surface area (Å²) in [6.07, 6.45) is 2.25. The molecule has 0 spiro atoms. The number of carbonyl (C=O) groups is 1. The third-order valence-corrected chi connectivity index (χ3v) is 6.34. The fourth-order valence-electron chi connectivity index (χ4n) is 3.06. The Labute approximate surface area is 138 Å². The molecule has 128 valence electrons. The second kappa shape index (κ2) is 7.45. The monoisotopic (exact) mass is 338 g/mol. The number of nitrogens with two attached hydrogens (primary N) is 1. The zero-order chi connectivity index (χ0) is 17.0. The largest absolute Gasteiger partial charge is 0.338 e. The minimum Gasteiger partial charge on any atom is -0.338 e. The lowest BCUT2D eigenvalue weighted by molar-refractivity contribution is -0.134. The van der Waals surface area contributed by atoms with E-state index in [0.717, 1.165) is 24.9 Å². The van der Waals surface area contributed by atoms with Gasteiger partial charge in [0.1, 0.15) is 0 Å². The van der Waals surface area contributed by atoms with Crippen LogP contribution in [0, 0.1) is 5.92 Å². The molecule has 1 aromatic carbocycles. The Hall–Kier alpha value is -1.40. The first-order chi connectivity index (χ1) is 10.9. The topological polar surface area (TPSA) is 80.5 Å². The number of amides is 1. The van der Waals surface area contributed by atoms with Gasteiger partial charge in [0.15, 0.2) is 9.84 Å². The highest BCUT2D eigenvalue weighted by molar-refractivity contribution is 7.91. The van der Waals surface area contributed by atoms with Crippen molar-refractivity contribution in [2.75, 3.05) is 18.8 Å². The predicted octanol–water partition coefficient (Wildman–Crippen LogP) is 1.61. The molecule has 0 saturated carbocycles. The van der Waals surface area contributed by atoms with E-state index < -0.39 is 9.84 Å². The van der Waals surface area contributed by atoms with Gasteiger partial charge >= 0.3 is 0 Å². The van der Waals surface area contributed by atoms with Crippen LogP contribution in [0.2, 0.25) is 0 Å². The molecule has 0 bridgehead atoms. The summed E-state index contributed by atoms with van der Waals surface area (Å²) in [5.41, 5.74) is 6.64. The van der Waals surface area contributed by atoms with Crippen LogP contribution in [-0.4, -0.2) is 44.1 Å². The number of nitrogens with zero attached hydrogens (tertiary/aromatic N) is 1. The zero-order valence-electron chi connectivity index (χ0n) is 13.9. The van der Waals surface area contributed by atoms with Crippen molar-refractivity contribution >= 4 is 15.7 Å². The first-order valence-electron chi connectivity index (χ1n) is 8.18. The van der Waals surface area contributed by atoms with E-state index in [2.05, 4.69) is 6.92 Å². The van der Waals surface area contributed by atoms with Crippen molar-refractivity contribution in [2.45, 2.75) is 44.0 Å². The maximum absolute atomic E-state index is 12.5. The van der Waals surface area contributed by atoms with Gasteiger partial charge < -0.3 is 10.6 Å². The first kappa shape index (κ1) is 17.9. The van der Waals surface area contributed by atoms with Gasteiger partial charge in [-0.3, -0.25) is 4.79 Å². The van der Waals surface area contributed by atoms with E-state index in [1.807, 2.05) is 4.90 Å². The molecule has 1 fully saturated rings. The summed E-state index contributed by atoms with van der Waals surface area (Å²) in [6.45, 7) is 5.06. The van der Waals surface area contributed by atoms with E-state index in [-0.39, 0.29) is 24.1 Å². The molecule has 1 heterocycles. The van der Waals surface area contributed by atoms with Gasteiger partial charge in [-0.15, -0.1) is 0 Å². The van der Waals surface area contributed by atoms with Crippen molar-refractivity contribution in [3.8, 4) is 0 Å². The summed E-state index contributed by atoms with van der Waals surface area (Å²) in [4.78, 5) is 14.7. The summed E-state index contributed by atoms with van der Waals surface area (Å²) >= 11 is 0. The van der Waals surface area contributed by atoms with Gasteiger partial charge in [-0.05, 0) is 36.5 Å². The SMILES string of the molecule is CCS(=O)(=O)c1ccc(CC(=O)N2CCC(C)CC2CN)cc1. The molecule has 0 radical (unpaired) electrons. The summed E-state index contributed by atoms with van der Waals surface area (Å²) < 4.78 is 23.6. The second-order valence-electron chi connectivity index (χ2n) is 6.33. The van der Waals surface area contributed by atoms with Crippen molar-refractivity contribution in [1.29, 1.82) is 0 Å². The van der Waals surface area contributed by atoms with Crippen molar-refractivity contribution < 1.29 is 13.2 Å². The molecule has 0 aliphatic carbocycles. The summed E-state index contributed by atoms with van der Waals surface area (Å²) in [7, 11) is -3.19. The molecule has 1 aliphatic heterocycles. The third-order valence-electron chi connectivity index (χ3n) is 4.59. The smallest absolute Gasteiger partial charge is 0.227 e. The van der Waals surface area contributed by atoms with Crippen molar-refractivity contribution in [3.05, 3.63) is 29.8 Å². The molecule has 0 aromatic heterocycles. The van der Waals surface area contributed by atoms with Crippen LogP contribution >= 0.6 is 0 Å². The Morgan fingerprint density at radius 3 is 2.52 bits per heavy atom. The van der Waals surface area contributed by atoms with Gasteiger partial charge in [-0.2, -0.15) is 0 Å². The Bertz CT molecular complexity index is 640. The minimum atomic E-state index is -3.19. The lowest BCUT2D eigenvalue weighted by Gasteiger charge is -2.38. The average Bonchev–Trinajstić information content (AvgIpc) is 2.55. The molecule has 6 heteroatoms. The maximum atomic E-state index is 12.5. The quantitative estimate of drug-likeness (QED) is 0.884. The Morgan fingerprint density at radius 2 is 1.96 bits per heavy atom. The van der Waals surface area contributed by atoms with Crippen LogP contribution in [0.1, 0.15) is 32.3 Å². The van der Waals surface area contributed by atoms with Gasteiger partial charge in [-0.25, -0.2) is 8.42 Å². The van der Waals surface area contributed by atoms with Crippen LogP contribution in [-0.2, 0) is 21.1 Å². The fourth-order valence-corrected chi connectivity index (χ4v) is 3.94. The number of hydrogen-bond acceptors (Lipinski definition) is 4. The number of carbonyl (C=O) groups excluding carboxylic acids is 1. The van der Waals surface area contributed by atoms with Gasteiger partial charge in [0.05, 0.1) is 17.1 Å². The lowest BCUT2D eigenvalue weighted by atomic mass is 9.92. The molecule has 23 heavy (non-hydrogen) atoms. The lowest BCUT2D eigenvalue weighted by Crippen LogP contribution is -2.49.